The number of rotatable bonds is 19. The van der Waals surface area contributed by atoms with Crippen LogP contribution >= 0.6 is 34.8 Å². The molecule has 1 aliphatic heterocycles. The molecule has 1 aromatic rings. The first-order chi connectivity index (χ1) is 20.1. The van der Waals surface area contributed by atoms with Gasteiger partial charge in [0.25, 0.3) is 0 Å². The van der Waals surface area contributed by atoms with Gasteiger partial charge in [0.15, 0.2) is 12.4 Å². The van der Waals surface area contributed by atoms with Crippen LogP contribution in [0.1, 0.15) is 89.5 Å². The molecule has 5 atom stereocenters. The average molecular weight is 655 g/mol. The SMILES string of the molecule is CCCCCCCCCCCCCC(=O)O[C@@H]1[C@@H](NC(=O)OCC(Cl)(Cl)Cl)[C@@H](O)O[C@H](CO)[C@H]1OCc1ccccc1. The first kappa shape index (κ1) is 36.9. The Balaban J connectivity index is 1.97. The van der Waals surface area contributed by atoms with Gasteiger partial charge in [0, 0.05) is 6.42 Å². The minimum absolute atomic E-state index is 0.110. The summed E-state index contributed by atoms with van der Waals surface area (Å²) in [5.74, 6) is -0.517. The predicted octanol–water partition coefficient (Wildman–Crippen LogP) is 6.36. The Morgan fingerprint density at radius 3 is 2.10 bits per heavy atom. The van der Waals surface area contributed by atoms with E-state index in [2.05, 4.69) is 12.2 Å². The van der Waals surface area contributed by atoms with Crippen LogP contribution in [0.5, 0.6) is 0 Å². The summed E-state index contributed by atoms with van der Waals surface area (Å²) >= 11 is 17.0. The molecule has 1 saturated heterocycles. The Labute approximate surface area is 264 Å². The molecule has 1 aliphatic rings. The fourth-order valence-electron chi connectivity index (χ4n) is 4.80. The summed E-state index contributed by atoms with van der Waals surface area (Å²) < 4.78 is 20.4. The lowest BCUT2D eigenvalue weighted by Crippen LogP contribution is -2.66. The van der Waals surface area contributed by atoms with E-state index in [1.54, 1.807) is 0 Å². The van der Waals surface area contributed by atoms with Gasteiger partial charge in [-0.1, -0.05) is 136 Å². The zero-order valence-electron chi connectivity index (χ0n) is 24.4. The number of ether oxygens (including phenoxy) is 4. The van der Waals surface area contributed by atoms with Gasteiger partial charge in [-0.05, 0) is 12.0 Å². The van der Waals surface area contributed by atoms with E-state index in [0.29, 0.717) is 6.42 Å². The maximum absolute atomic E-state index is 12.9. The number of alkyl carbamates (subject to hydrolysis) is 1. The molecule has 0 aromatic heterocycles. The Morgan fingerprint density at radius 2 is 1.52 bits per heavy atom. The molecule has 0 unspecified atom stereocenters. The van der Waals surface area contributed by atoms with Crippen molar-refractivity contribution < 1.29 is 38.7 Å². The van der Waals surface area contributed by atoms with Gasteiger partial charge in [0.05, 0.1) is 13.2 Å². The van der Waals surface area contributed by atoms with Gasteiger partial charge in [-0.15, -0.1) is 0 Å². The van der Waals surface area contributed by atoms with Gasteiger partial charge in [-0.25, -0.2) is 4.79 Å². The second-order valence-electron chi connectivity index (χ2n) is 10.6. The number of alkyl halides is 3. The number of nitrogens with one attached hydrogen (secondary N) is 1. The molecule has 0 spiro atoms. The molecule has 0 saturated carbocycles. The molecule has 1 aromatic carbocycles. The largest absolute Gasteiger partial charge is 0.457 e. The van der Waals surface area contributed by atoms with Crippen molar-refractivity contribution in [3.05, 3.63) is 35.9 Å². The van der Waals surface area contributed by atoms with Crippen LogP contribution in [-0.4, -0.2) is 69.9 Å². The summed E-state index contributed by atoms with van der Waals surface area (Å²) in [5, 5.41) is 23.1. The fraction of sp³-hybridized carbons (Fsp3) is 0.733. The molecular weight excluding hydrogens is 609 g/mol. The first-order valence-corrected chi connectivity index (χ1v) is 16.1. The van der Waals surface area contributed by atoms with Gasteiger partial charge in [-0.3, -0.25) is 4.79 Å². The Bertz CT molecular complexity index is 889. The summed E-state index contributed by atoms with van der Waals surface area (Å²) in [5.41, 5.74) is 0.831. The van der Waals surface area contributed by atoms with Crippen molar-refractivity contribution in [1.29, 1.82) is 0 Å². The van der Waals surface area contributed by atoms with Crippen LogP contribution in [0, 0.1) is 0 Å². The Kier molecular flexibility index (Phi) is 18.1. The van der Waals surface area contributed by atoms with Crippen molar-refractivity contribution in [2.45, 2.75) is 125 Å². The molecular formula is C30H46Cl3NO8. The van der Waals surface area contributed by atoms with Gasteiger partial charge >= 0.3 is 12.1 Å². The van der Waals surface area contributed by atoms with Crippen LogP contribution in [0.25, 0.3) is 0 Å². The lowest BCUT2D eigenvalue weighted by Gasteiger charge is -2.43. The first-order valence-electron chi connectivity index (χ1n) is 14.9. The van der Waals surface area contributed by atoms with Crippen LogP contribution in [0.15, 0.2) is 30.3 Å². The molecule has 240 valence electrons. The van der Waals surface area contributed by atoms with E-state index in [-0.39, 0.29) is 13.0 Å². The maximum Gasteiger partial charge on any atom is 0.407 e. The topological polar surface area (TPSA) is 124 Å². The second-order valence-corrected chi connectivity index (χ2v) is 13.1. The van der Waals surface area contributed by atoms with Crippen molar-refractivity contribution in [2.24, 2.45) is 0 Å². The third-order valence-electron chi connectivity index (χ3n) is 7.03. The Hall–Kier alpha value is -1.33. The quantitative estimate of drug-likeness (QED) is 0.0895. The summed E-state index contributed by atoms with van der Waals surface area (Å²) in [6.45, 7) is 1.25. The molecule has 12 heteroatoms. The van der Waals surface area contributed by atoms with Crippen molar-refractivity contribution >= 4 is 46.9 Å². The van der Waals surface area contributed by atoms with E-state index in [1.807, 2.05) is 30.3 Å². The third kappa shape index (κ3) is 14.9. The molecule has 1 heterocycles. The number of carbonyl (C=O) groups is 2. The van der Waals surface area contributed by atoms with Crippen LogP contribution in [0.3, 0.4) is 0 Å². The average Bonchev–Trinajstić information content (AvgIpc) is 2.96. The smallest absolute Gasteiger partial charge is 0.407 e. The molecule has 2 rings (SSSR count). The van der Waals surface area contributed by atoms with Crippen molar-refractivity contribution in [3.63, 3.8) is 0 Å². The van der Waals surface area contributed by atoms with Crippen LogP contribution < -0.4 is 5.32 Å². The highest BCUT2D eigenvalue weighted by molar-refractivity contribution is 6.67. The van der Waals surface area contributed by atoms with E-state index in [9.17, 15) is 19.8 Å². The van der Waals surface area contributed by atoms with Crippen LogP contribution in [-0.2, 0) is 30.3 Å². The van der Waals surface area contributed by atoms with E-state index in [1.165, 1.54) is 44.9 Å². The summed E-state index contributed by atoms with van der Waals surface area (Å²) in [4.78, 5) is 25.4. The number of carbonyl (C=O) groups excluding carboxylic acids is 2. The minimum atomic E-state index is -1.84. The zero-order valence-corrected chi connectivity index (χ0v) is 26.6. The van der Waals surface area contributed by atoms with Gasteiger partial charge < -0.3 is 34.5 Å². The highest BCUT2D eigenvalue weighted by Crippen LogP contribution is 2.28. The number of hydrogen-bond acceptors (Lipinski definition) is 8. The standard InChI is InChI=1S/C30H46Cl3NO8/c1-2-3-4-5-6-7-8-9-10-11-15-18-24(36)42-27-25(34-29(38)40-21-30(31,32)33)28(37)41-23(19-35)26(27)39-20-22-16-13-12-14-17-22/h12-14,16-17,23,25-28,35,37H,2-11,15,18-21H2,1H3,(H,34,38)/t23-,25-,26-,27-,28+/m1/s1. The summed E-state index contributed by atoms with van der Waals surface area (Å²) in [7, 11) is 0. The molecule has 0 bridgehead atoms. The molecule has 9 nitrogen and oxygen atoms in total. The maximum atomic E-state index is 12.9. The molecule has 0 aliphatic carbocycles. The number of unbranched alkanes of at least 4 members (excludes halogenated alkanes) is 10. The highest BCUT2D eigenvalue weighted by Gasteiger charge is 2.49. The third-order valence-corrected chi connectivity index (χ3v) is 7.36. The van der Waals surface area contributed by atoms with Crippen molar-refractivity contribution in [3.8, 4) is 0 Å². The number of hydrogen-bond donors (Lipinski definition) is 3. The number of halogens is 3. The van der Waals surface area contributed by atoms with Gasteiger partial charge in [0.1, 0.15) is 24.9 Å². The van der Waals surface area contributed by atoms with E-state index < -0.39 is 59.7 Å². The van der Waals surface area contributed by atoms with E-state index in [0.717, 1.165) is 24.8 Å². The molecule has 1 fully saturated rings. The van der Waals surface area contributed by atoms with E-state index >= 15 is 0 Å². The number of amides is 1. The number of aliphatic hydroxyl groups excluding tert-OH is 2. The number of benzene rings is 1. The lowest BCUT2D eigenvalue weighted by molar-refractivity contribution is -0.269. The minimum Gasteiger partial charge on any atom is -0.457 e. The van der Waals surface area contributed by atoms with E-state index in [4.69, 9.17) is 53.8 Å². The van der Waals surface area contributed by atoms with Gasteiger partial charge in [0.2, 0.25) is 3.79 Å². The molecule has 0 radical (unpaired) electrons. The summed E-state index contributed by atoms with van der Waals surface area (Å²) in [6, 6.07) is 7.98. The monoisotopic (exact) mass is 653 g/mol. The van der Waals surface area contributed by atoms with Crippen molar-refractivity contribution in [1.82, 2.24) is 5.32 Å². The lowest BCUT2D eigenvalue weighted by atomic mass is 9.96. The van der Waals surface area contributed by atoms with Gasteiger partial charge in [-0.2, -0.15) is 0 Å². The normalized spacial score (nSPS) is 22.5. The highest BCUT2D eigenvalue weighted by atomic mass is 35.6. The number of esters is 1. The zero-order chi connectivity index (χ0) is 30.8. The number of aliphatic hydroxyl groups is 2. The molecule has 3 N–H and O–H groups in total. The van der Waals surface area contributed by atoms with Crippen LogP contribution in [0.2, 0.25) is 0 Å². The second kappa shape index (κ2) is 20.6. The molecule has 42 heavy (non-hydrogen) atoms. The van der Waals surface area contributed by atoms with Crippen LogP contribution in [0.4, 0.5) is 4.79 Å². The molecule has 1 amide bonds. The predicted molar refractivity (Wildman–Crippen MR) is 163 cm³/mol. The van der Waals surface area contributed by atoms with Crippen molar-refractivity contribution in [2.75, 3.05) is 13.2 Å². The fourth-order valence-corrected chi connectivity index (χ4v) is 4.96. The summed E-state index contributed by atoms with van der Waals surface area (Å²) in [6.07, 6.45) is 6.83. The Morgan fingerprint density at radius 1 is 0.929 bits per heavy atom.